The molecule has 9 heteroatoms. The quantitative estimate of drug-likeness (QED) is 0.392. The van der Waals surface area contributed by atoms with E-state index in [0.29, 0.717) is 43.9 Å². The zero-order chi connectivity index (χ0) is 23.6. The molecular formula is C26H23N7O2. The summed E-state index contributed by atoms with van der Waals surface area (Å²) in [7, 11) is 0. The lowest BCUT2D eigenvalue weighted by Crippen LogP contribution is -2.49. The number of nitrogens with zero attached hydrogens (tertiary/aromatic N) is 7. The Labute approximate surface area is 201 Å². The molecule has 0 bridgehead atoms. The van der Waals surface area contributed by atoms with Crippen molar-refractivity contribution in [2.75, 3.05) is 31.1 Å². The van der Waals surface area contributed by atoms with E-state index in [4.69, 9.17) is 9.40 Å². The van der Waals surface area contributed by atoms with E-state index < -0.39 is 0 Å². The van der Waals surface area contributed by atoms with E-state index in [1.165, 1.54) is 0 Å². The Kier molecular flexibility index (Phi) is 5.42. The summed E-state index contributed by atoms with van der Waals surface area (Å²) in [5, 5.41) is 5.28. The summed E-state index contributed by atoms with van der Waals surface area (Å²) in [5.74, 6) is 1.58. The highest BCUT2D eigenvalue weighted by molar-refractivity contribution is 6.06. The second kappa shape index (κ2) is 9.02. The SMILES string of the molecule is O=C(c1cc(-c2ccccc2)nc2c1cnn2Cc1ccco1)N1CCN(c2cnccn2)CC1. The Morgan fingerprint density at radius 1 is 0.971 bits per heavy atom. The van der Waals surface area contributed by atoms with Gasteiger partial charge in [0.2, 0.25) is 0 Å². The van der Waals surface area contributed by atoms with Crippen LogP contribution in [0.5, 0.6) is 0 Å². The Hall–Kier alpha value is -4.53. The van der Waals surface area contributed by atoms with E-state index in [2.05, 4.69) is 20.0 Å². The van der Waals surface area contributed by atoms with Crippen molar-refractivity contribution in [3.8, 4) is 11.3 Å². The van der Waals surface area contributed by atoms with Crippen molar-refractivity contribution >= 4 is 22.8 Å². The molecule has 1 fully saturated rings. The maximum Gasteiger partial charge on any atom is 0.254 e. The average Bonchev–Trinajstić information content (AvgIpc) is 3.59. The van der Waals surface area contributed by atoms with Gasteiger partial charge in [-0.1, -0.05) is 30.3 Å². The molecule has 1 aromatic carbocycles. The van der Waals surface area contributed by atoms with Crippen LogP contribution in [-0.4, -0.2) is 61.7 Å². The van der Waals surface area contributed by atoms with Crippen LogP contribution in [0.15, 0.2) is 84.0 Å². The number of anilines is 1. The van der Waals surface area contributed by atoms with Gasteiger partial charge >= 0.3 is 0 Å². The molecule has 0 radical (unpaired) electrons. The minimum atomic E-state index is -0.0223. The first-order valence-electron chi connectivity index (χ1n) is 11.5. The molecule has 1 saturated heterocycles. The minimum Gasteiger partial charge on any atom is -0.467 e. The maximum absolute atomic E-state index is 13.8. The van der Waals surface area contributed by atoms with Gasteiger partial charge in [-0.25, -0.2) is 14.6 Å². The van der Waals surface area contributed by atoms with Gasteiger partial charge in [-0.05, 0) is 18.2 Å². The number of aromatic nitrogens is 5. The lowest BCUT2D eigenvalue weighted by Gasteiger charge is -2.35. The second-order valence-corrected chi connectivity index (χ2v) is 8.38. The molecule has 0 N–H and O–H groups in total. The summed E-state index contributed by atoms with van der Waals surface area (Å²) in [5.41, 5.74) is 2.94. The van der Waals surface area contributed by atoms with Gasteiger partial charge in [0.1, 0.15) is 18.1 Å². The van der Waals surface area contributed by atoms with Crippen molar-refractivity contribution in [3.05, 3.63) is 90.9 Å². The third kappa shape index (κ3) is 4.12. The smallest absolute Gasteiger partial charge is 0.254 e. The molecule has 35 heavy (non-hydrogen) atoms. The summed E-state index contributed by atoms with van der Waals surface area (Å²) >= 11 is 0. The van der Waals surface area contributed by atoms with Crippen molar-refractivity contribution in [1.82, 2.24) is 29.6 Å². The number of amides is 1. The number of benzene rings is 1. The number of furan rings is 1. The Morgan fingerprint density at radius 2 is 1.83 bits per heavy atom. The van der Waals surface area contributed by atoms with E-state index in [1.807, 2.05) is 53.4 Å². The average molecular weight is 466 g/mol. The molecule has 0 atom stereocenters. The fourth-order valence-electron chi connectivity index (χ4n) is 4.41. The van der Waals surface area contributed by atoms with Gasteiger partial charge in [0.05, 0.1) is 35.3 Å². The molecule has 4 aromatic heterocycles. The third-order valence-electron chi connectivity index (χ3n) is 6.24. The molecule has 5 aromatic rings. The monoisotopic (exact) mass is 465 g/mol. The highest BCUT2D eigenvalue weighted by Crippen LogP contribution is 2.27. The highest BCUT2D eigenvalue weighted by atomic mass is 16.3. The first-order valence-corrected chi connectivity index (χ1v) is 11.5. The van der Waals surface area contributed by atoms with Crippen molar-refractivity contribution in [3.63, 3.8) is 0 Å². The van der Waals surface area contributed by atoms with E-state index in [1.54, 1.807) is 35.7 Å². The van der Waals surface area contributed by atoms with Crippen LogP contribution in [0.3, 0.4) is 0 Å². The van der Waals surface area contributed by atoms with Crippen LogP contribution < -0.4 is 4.90 Å². The van der Waals surface area contributed by atoms with E-state index >= 15 is 0 Å². The highest BCUT2D eigenvalue weighted by Gasteiger charge is 2.26. The second-order valence-electron chi connectivity index (χ2n) is 8.38. The normalized spacial score (nSPS) is 13.9. The standard InChI is InChI=1S/C26H23N7O2/c34-26(32-12-10-31(11-13-32)24-17-27-8-9-28-24)21-15-23(19-5-2-1-3-6-19)30-25-22(21)16-29-33(25)18-20-7-4-14-35-20/h1-9,14-17H,10-13,18H2. The molecule has 6 rings (SSSR count). The molecule has 1 aliphatic heterocycles. The number of carbonyl (C=O) groups is 1. The van der Waals surface area contributed by atoms with Gasteiger partial charge in [0.25, 0.3) is 5.91 Å². The van der Waals surface area contributed by atoms with E-state index in [-0.39, 0.29) is 5.91 Å². The molecule has 1 amide bonds. The van der Waals surface area contributed by atoms with Gasteiger partial charge in [0.15, 0.2) is 5.65 Å². The molecule has 0 unspecified atom stereocenters. The Morgan fingerprint density at radius 3 is 2.57 bits per heavy atom. The molecule has 0 saturated carbocycles. The summed E-state index contributed by atoms with van der Waals surface area (Å²) in [4.78, 5) is 31.2. The van der Waals surface area contributed by atoms with Crippen LogP contribution >= 0.6 is 0 Å². The van der Waals surface area contributed by atoms with Gasteiger partial charge in [-0.3, -0.25) is 9.78 Å². The largest absolute Gasteiger partial charge is 0.467 e. The molecule has 9 nitrogen and oxygen atoms in total. The molecule has 0 aliphatic carbocycles. The first kappa shape index (κ1) is 21.0. The van der Waals surface area contributed by atoms with Gasteiger partial charge in [0, 0.05) is 44.1 Å². The predicted octanol–water partition coefficient (Wildman–Crippen LogP) is 3.49. The van der Waals surface area contributed by atoms with Crippen LogP contribution in [0, 0.1) is 0 Å². The summed E-state index contributed by atoms with van der Waals surface area (Å²) in [6.07, 6.45) is 8.46. The van der Waals surface area contributed by atoms with E-state index in [9.17, 15) is 4.79 Å². The Balaban J connectivity index is 1.34. The van der Waals surface area contributed by atoms with Gasteiger partial charge in [-0.15, -0.1) is 0 Å². The molecule has 1 aliphatic rings. The van der Waals surface area contributed by atoms with Crippen molar-refractivity contribution < 1.29 is 9.21 Å². The predicted molar refractivity (Wildman–Crippen MR) is 131 cm³/mol. The number of rotatable bonds is 5. The number of hydrogen-bond donors (Lipinski definition) is 0. The summed E-state index contributed by atoms with van der Waals surface area (Å²) < 4.78 is 7.29. The lowest BCUT2D eigenvalue weighted by molar-refractivity contribution is 0.0748. The van der Waals surface area contributed by atoms with E-state index in [0.717, 1.165) is 28.2 Å². The molecular weight excluding hydrogens is 442 g/mol. The van der Waals surface area contributed by atoms with Crippen molar-refractivity contribution in [2.45, 2.75) is 6.54 Å². The van der Waals surface area contributed by atoms with Gasteiger partial charge in [-0.2, -0.15) is 5.10 Å². The topological polar surface area (TPSA) is 93.2 Å². The number of carbonyl (C=O) groups excluding carboxylic acids is 1. The number of piperazine rings is 1. The van der Waals surface area contributed by atoms with Crippen LogP contribution in [0.2, 0.25) is 0 Å². The zero-order valence-corrected chi connectivity index (χ0v) is 19.0. The fourth-order valence-corrected chi connectivity index (χ4v) is 4.41. The fraction of sp³-hybridized carbons (Fsp3) is 0.192. The zero-order valence-electron chi connectivity index (χ0n) is 19.0. The maximum atomic E-state index is 13.8. The van der Waals surface area contributed by atoms with Crippen LogP contribution in [0.4, 0.5) is 5.82 Å². The summed E-state index contributed by atoms with van der Waals surface area (Å²) in [6, 6.07) is 15.5. The van der Waals surface area contributed by atoms with Crippen LogP contribution in [-0.2, 0) is 6.54 Å². The number of fused-ring (bicyclic) bond motifs is 1. The molecule has 5 heterocycles. The van der Waals surface area contributed by atoms with Crippen molar-refractivity contribution in [1.29, 1.82) is 0 Å². The van der Waals surface area contributed by atoms with Crippen LogP contribution in [0.25, 0.3) is 22.3 Å². The van der Waals surface area contributed by atoms with Gasteiger partial charge < -0.3 is 14.2 Å². The number of hydrogen-bond acceptors (Lipinski definition) is 7. The lowest BCUT2D eigenvalue weighted by atomic mass is 10.1. The first-order chi connectivity index (χ1) is 17.3. The molecule has 0 spiro atoms. The number of pyridine rings is 1. The third-order valence-corrected chi connectivity index (χ3v) is 6.24. The van der Waals surface area contributed by atoms with Crippen LogP contribution in [0.1, 0.15) is 16.1 Å². The van der Waals surface area contributed by atoms with Crippen molar-refractivity contribution in [2.24, 2.45) is 0 Å². The minimum absolute atomic E-state index is 0.0223. The molecule has 174 valence electrons. The Bertz CT molecular complexity index is 1440. The summed E-state index contributed by atoms with van der Waals surface area (Å²) in [6.45, 7) is 3.02.